The molecule has 0 aliphatic carbocycles. The summed E-state index contributed by atoms with van der Waals surface area (Å²) in [7, 11) is 1.71. The molecule has 1 heterocycles. The van der Waals surface area contributed by atoms with Crippen LogP contribution in [0.15, 0.2) is 24.3 Å². The molecule has 1 aliphatic rings. The number of aryl methyl sites for hydroxylation is 2. The van der Waals surface area contributed by atoms with Crippen molar-refractivity contribution in [2.24, 2.45) is 5.92 Å². The summed E-state index contributed by atoms with van der Waals surface area (Å²) in [5.41, 5.74) is 2.50. The first-order valence-corrected chi connectivity index (χ1v) is 6.51. The van der Waals surface area contributed by atoms with E-state index in [2.05, 4.69) is 31.2 Å². The molecule has 0 atom stereocenters. The molecule has 2 rings (SSSR count). The van der Waals surface area contributed by atoms with Crippen LogP contribution >= 0.6 is 0 Å². The molecule has 0 N–H and O–H groups in total. The summed E-state index contributed by atoms with van der Waals surface area (Å²) in [6.45, 7) is 4.56. The van der Waals surface area contributed by atoms with Crippen molar-refractivity contribution in [3.05, 3.63) is 35.4 Å². The van der Waals surface area contributed by atoms with Gasteiger partial charge in [-0.1, -0.05) is 29.8 Å². The Labute approximate surface area is 109 Å². The van der Waals surface area contributed by atoms with E-state index in [1.807, 2.05) is 4.90 Å². The van der Waals surface area contributed by atoms with Gasteiger partial charge in [0.15, 0.2) is 0 Å². The van der Waals surface area contributed by atoms with Crippen molar-refractivity contribution >= 4 is 5.91 Å². The van der Waals surface area contributed by atoms with Crippen LogP contribution in [-0.2, 0) is 16.0 Å². The van der Waals surface area contributed by atoms with E-state index in [1.54, 1.807) is 7.11 Å². The van der Waals surface area contributed by atoms with Gasteiger partial charge in [-0.05, 0) is 18.9 Å². The minimum Gasteiger partial charge on any atom is -0.384 e. The third-order valence-electron chi connectivity index (χ3n) is 3.46. The Bertz CT molecular complexity index is 393. The average molecular weight is 247 g/mol. The fraction of sp³-hybridized carbons (Fsp3) is 0.533. The van der Waals surface area contributed by atoms with Gasteiger partial charge in [0.25, 0.3) is 0 Å². The number of carbonyl (C=O) groups is 1. The average Bonchev–Trinajstić information content (AvgIpc) is 2.32. The number of methoxy groups -OCH3 is 1. The topological polar surface area (TPSA) is 29.5 Å². The van der Waals surface area contributed by atoms with E-state index in [4.69, 9.17) is 4.74 Å². The van der Waals surface area contributed by atoms with E-state index in [0.717, 1.165) is 26.1 Å². The summed E-state index contributed by atoms with van der Waals surface area (Å²) in [5.74, 6) is 0.807. The molecule has 0 radical (unpaired) electrons. The summed E-state index contributed by atoms with van der Waals surface area (Å²) >= 11 is 0. The fourth-order valence-electron chi connectivity index (χ4n) is 2.28. The van der Waals surface area contributed by atoms with Crippen LogP contribution in [0.1, 0.15) is 17.5 Å². The SMILES string of the molecule is COCC1CN(C(=O)CCc2ccc(C)cc2)C1. The van der Waals surface area contributed by atoms with Gasteiger partial charge in [0.1, 0.15) is 0 Å². The lowest BCUT2D eigenvalue weighted by atomic mass is 10.00. The molecule has 0 spiro atoms. The minimum absolute atomic E-state index is 0.267. The quantitative estimate of drug-likeness (QED) is 0.797. The molecule has 1 aliphatic heterocycles. The first-order chi connectivity index (χ1) is 8.69. The van der Waals surface area contributed by atoms with E-state index in [1.165, 1.54) is 11.1 Å². The van der Waals surface area contributed by atoms with Crippen LogP contribution < -0.4 is 0 Å². The van der Waals surface area contributed by atoms with Crippen molar-refractivity contribution in [2.45, 2.75) is 19.8 Å². The number of benzene rings is 1. The highest BCUT2D eigenvalue weighted by molar-refractivity contribution is 5.77. The maximum Gasteiger partial charge on any atom is 0.222 e. The molecule has 3 heteroatoms. The third-order valence-corrected chi connectivity index (χ3v) is 3.46. The lowest BCUT2D eigenvalue weighted by Crippen LogP contribution is -2.51. The monoisotopic (exact) mass is 247 g/mol. The van der Waals surface area contributed by atoms with Gasteiger partial charge in [0, 0.05) is 32.5 Å². The van der Waals surface area contributed by atoms with Crippen molar-refractivity contribution in [1.82, 2.24) is 4.90 Å². The smallest absolute Gasteiger partial charge is 0.222 e. The second kappa shape index (κ2) is 6.01. The van der Waals surface area contributed by atoms with Crippen molar-refractivity contribution < 1.29 is 9.53 Å². The van der Waals surface area contributed by atoms with Crippen LogP contribution in [0.3, 0.4) is 0 Å². The Morgan fingerprint density at radius 2 is 2.00 bits per heavy atom. The molecular weight excluding hydrogens is 226 g/mol. The number of nitrogens with zero attached hydrogens (tertiary/aromatic N) is 1. The molecule has 0 saturated carbocycles. The van der Waals surface area contributed by atoms with Gasteiger partial charge < -0.3 is 9.64 Å². The van der Waals surface area contributed by atoms with Gasteiger partial charge in [-0.15, -0.1) is 0 Å². The van der Waals surface area contributed by atoms with E-state index in [0.29, 0.717) is 12.3 Å². The van der Waals surface area contributed by atoms with Gasteiger partial charge in [-0.2, -0.15) is 0 Å². The van der Waals surface area contributed by atoms with Crippen molar-refractivity contribution in [1.29, 1.82) is 0 Å². The van der Waals surface area contributed by atoms with Gasteiger partial charge in [0.05, 0.1) is 6.61 Å². The number of hydrogen-bond acceptors (Lipinski definition) is 2. The Hall–Kier alpha value is -1.35. The summed E-state index contributed by atoms with van der Waals surface area (Å²) in [4.78, 5) is 13.8. The van der Waals surface area contributed by atoms with Crippen molar-refractivity contribution in [2.75, 3.05) is 26.8 Å². The molecule has 1 aromatic rings. The standard InChI is InChI=1S/C15H21NO2/c1-12-3-5-13(6-4-12)7-8-15(17)16-9-14(10-16)11-18-2/h3-6,14H,7-11H2,1-2H3. The normalized spacial score (nSPS) is 15.6. The van der Waals surface area contributed by atoms with Crippen LogP contribution in [0.5, 0.6) is 0 Å². The molecule has 1 amide bonds. The fourth-order valence-corrected chi connectivity index (χ4v) is 2.28. The number of carbonyl (C=O) groups excluding carboxylic acids is 1. The Kier molecular flexibility index (Phi) is 4.37. The number of hydrogen-bond donors (Lipinski definition) is 0. The summed E-state index contributed by atoms with van der Waals surface area (Å²) in [5, 5.41) is 0. The second-order valence-corrected chi connectivity index (χ2v) is 5.11. The molecular formula is C15H21NO2. The summed E-state index contributed by atoms with van der Waals surface area (Å²) < 4.78 is 5.08. The Morgan fingerprint density at radius 1 is 1.33 bits per heavy atom. The molecule has 1 aromatic carbocycles. The second-order valence-electron chi connectivity index (χ2n) is 5.11. The Balaban J connectivity index is 1.71. The molecule has 18 heavy (non-hydrogen) atoms. The van der Waals surface area contributed by atoms with Crippen molar-refractivity contribution in [3.8, 4) is 0 Å². The molecule has 1 fully saturated rings. The highest BCUT2D eigenvalue weighted by Gasteiger charge is 2.29. The minimum atomic E-state index is 0.267. The zero-order valence-electron chi connectivity index (χ0n) is 11.2. The van der Waals surface area contributed by atoms with Gasteiger partial charge in [-0.3, -0.25) is 4.79 Å². The molecule has 98 valence electrons. The van der Waals surface area contributed by atoms with E-state index >= 15 is 0 Å². The largest absolute Gasteiger partial charge is 0.384 e. The maximum absolute atomic E-state index is 11.9. The van der Waals surface area contributed by atoms with Crippen LogP contribution in [0.4, 0.5) is 0 Å². The highest BCUT2D eigenvalue weighted by Crippen LogP contribution is 2.17. The number of ether oxygens (including phenoxy) is 1. The van der Waals surface area contributed by atoms with Crippen LogP contribution in [-0.4, -0.2) is 37.6 Å². The van der Waals surface area contributed by atoms with E-state index in [9.17, 15) is 4.79 Å². The molecule has 1 saturated heterocycles. The molecule has 3 nitrogen and oxygen atoms in total. The maximum atomic E-state index is 11.9. The number of likely N-dealkylation sites (tertiary alicyclic amines) is 1. The summed E-state index contributed by atoms with van der Waals surface area (Å²) in [6, 6.07) is 8.40. The molecule has 0 bridgehead atoms. The first-order valence-electron chi connectivity index (χ1n) is 6.51. The Morgan fingerprint density at radius 3 is 2.61 bits per heavy atom. The lowest BCUT2D eigenvalue weighted by molar-refractivity contribution is -0.138. The predicted octanol–water partition coefficient (Wildman–Crippen LogP) is 2.03. The molecule has 0 unspecified atom stereocenters. The predicted molar refractivity (Wildman–Crippen MR) is 71.4 cm³/mol. The zero-order chi connectivity index (χ0) is 13.0. The van der Waals surface area contributed by atoms with Crippen LogP contribution in [0, 0.1) is 12.8 Å². The van der Waals surface area contributed by atoms with Gasteiger partial charge in [0.2, 0.25) is 5.91 Å². The van der Waals surface area contributed by atoms with Crippen LogP contribution in [0.25, 0.3) is 0 Å². The van der Waals surface area contributed by atoms with Gasteiger partial charge >= 0.3 is 0 Å². The van der Waals surface area contributed by atoms with Crippen molar-refractivity contribution in [3.63, 3.8) is 0 Å². The highest BCUT2D eigenvalue weighted by atomic mass is 16.5. The number of rotatable bonds is 5. The van der Waals surface area contributed by atoms with Gasteiger partial charge in [-0.25, -0.2) is 0 Å². The summed E-state index contributed by atoms with van der Waals surface area (Å²) in [6.07, 6.45) is 1.45. The zero-order valence-corrected chi connectivity index (χ0v) is 11.2. The van der Waals surface area contributed by atoms with E-state index < -0.39 is 0 Å². The molecule has 0 aromatic heterocycles. The van der Waals surface area contributed by atoms with E-state index in [-0.39, 0.29) is 5.91 Å². The number of amides is 1. The lowest BCUT2D eigenvalue weighted by Gasteiger charge is -2.39. The third kappa shape index (κ3) is 3.33. The first kappa shape index (κ1) is 13.1. The van der Waals surface area contributed by atoms with Crippen LogP contribution in [0.2, 0.25) is 0 Å².